The first-order valence-electron chi connectivity index (χ1n) is 5.46. The van der Waals surface area contributed by atoms with E-state index in [1.807, 2.05) is 11.4 Å². The van der Waals surface area contributed by atoms with Gasteiger partial charge in [0.2, 0.25) is 0 Å². The van der Waals surface area contributed by atoms with Crippen LogP contribution in [-0.4, -0.2) is 21.7 Å². The minimum atomic E-state index is 0.110. The van der Waals surface area contributed by atoms with Crippen LogP contribution in [-0.2, 0) is 5.75 Å². The maximum Gasteiger partial charge on any atom is 0.187 e. The number of aliphatic hydroxyl groups is 1. The van der Waals surface area contributed by atoms with Crippen molar-refractivity contribution in [2.24, 2.45) is 0 Å². The highest BCUT2D eigenvalue weighted by Crippen LogP contribution is 2.24. The maximum absolute atomic E-state index is 8.70. The Morgan fingerprint density at radius 2 is 2.17 bits per heavy atom. The van der Waals surface area contributed by atoms with Gasteiger partial charge >= 0.3 is 0 Å². The Morgan fingerprint density at radius 1 is 1.33 bits per heavy atom. The quantitative estimate of drug-likeness (QED) is 0.529. The van der Waals surface area contributed by atoms with Crippen LogP contribution in [0.2, 0.25) is 0 Å². The molecule has 0 aliphatic heterocycles. The van der Waals surface area contributed by atoms with Gasteiger partial charge in [0.05, 0.1) is 6.61 Å². The molecule has 0 atom stereocenters. The molecule has 0 saturated heterocycles. The lowest BCUT2D eigenvalue weighted by atomic mass is 10.2. The van der Waals surface area contributed by atoms with Crippen molar-refractivity contribution >= 4 is 23.1 Å². The van der Waals surface area contributed by atoms with Crippen LogP contribution in [0.4, 0.5) is 0 Å². The standard InChI is InChI=1S/C13H12N2OS2/c16-8-2-1-4-11-5-9-17-12(11)10-18-13-14-6-3-7-15-13/h3,5-7,9,16H,2,8,10H2. The van der Waals surface area contributed by atoms with E-state index in [2.05, 4.69) is 21.8 Å². The van der Waals surface area contributed by atoms with Crippen LogP contribution in [0.15, 0.2) is 35.1 Å². The molecule has 0 aromatic carbocycles. The summed E-state index contributed by atoms with van der Waals surface area (Å²) in [5, 5.41) is 11.5. The number of thiophene rings is 1. The minimum Gasteiger partial charge on any atom is -0.395 e. The molecular formula is C13H12N2OS2. The molecule has 2 rings (SSSR count). The van der Waals surface area contributed by atoms with Crippen molar-refractivity contribution in [3.8, 4) is 11.8 Å². The topological polar surface area (TPSA) is 46.0 Å². The van der Waals surface area contributed by atoms with E-state index >= 15 is 0 Å². The van der Waals surface area contributed by atoms with E-state index in [1.54, 1.807) is 41.6 Å². The monoisotopic (exact) mass is 276 g/mol. The third-order valence-corrected chi connectivity index (χ3v) is 4.09. The number of aromatic nitrogens is 2. The van der Waals surface area contributed by atoms with Gasteiger partial charge < -0.3 is 5.11 Å². The molecule has 2 heterocycles. The summed E-state index contributed by atoms with van der Waals surface area (Å²) in [6, 6.07) is 3.82. The third kappa shape index (κ3) is 3.84. The second-order valence-electron chi connectivity index (χ2n) is 3.35. The summed E-state index contributed by atoms with van der Waals surface area (Å²) in [4.78, 5) is 9.56. The molecule has 0 radical (unpaired) electrons. The molecule has 2 aromatic rings. The molecule has 0 spiro atoms. The third-order valence-electron chi connectivity index (χ3n) is 2.08. The first kappa shape index (κ1) is 13.1. The molecule has 0 fully saturated rings. The van der Waals surface area contributed by atoms with Crippen molar-refractivity contribution in [2.75, 3.05) is 6.61 Å². The molecule has 92 valence electrons. The lowest BCUT2D eigenvalue weighted by Crippen LogP contribution is -1.85. The summed E-state index contributed by atoms with van der Waals surface area (Å²) in [7, 11) is 0. The van der Waals surface area contributed by atoms with Crippen molar-refractivity contribution < 1.29 is 5.11 Å². The van der Waals surface area contributed by atoms with Crippen molar-refractivity contribution in [3.05, 3.63) is 40.3 Å². The highest BCUT2D eigenvalue weighted by atomic mass is 32.2. The van der Waals surface area contributed by atoms with Gasteiger partial charge in [-0.2, -0.15) is 0 Å². The summed E-state index contributed by atoms with van der Waals surface area (Å²) in [6.45, 7) is 0.110. The van der Waals surface area contributed by atoms with Crippen LogP contribution in [0.3, 0.4) is 0 Å². The zero-order valence-electron chi connectivity index (χ0n) is 9.67. The number of thioether (sulfide) groups is 1. The molecule has 1 N–H and O–H groups in total. The van der Waals surface area contributed by atoms with Gasteiger partial charge in [-0.25, -0.2) is 9.97 Å². The maximum atomic E-state index is 8.70. The van der Waals surface area contributed by atoms with Crippen LogP contribution < -0.4 is 0 Å². The predicted molar refractivity (Wildman–Crippen MR) is 74.5 cm³/mol. The lowest BCUT2D eigenvalue weighted by molar-refractivity contribution is 0.305. The number of aliphatic hydroxyl groups excluding tert-OH is 1. The Morgan fingerprint density at radius 3 is 2.94 bits per heavy atom. The van der Waals surface area contributed by atoms with E-state index in [0.29, 0.717) is 6.42 Å². The van der Waals surface area contributed by atoms with Crippen molar-refractivity contribution in [1.29, 1.82) is 0 Å². The Hall–Kier alpha value is -1.35. The molecule has 2 aromatic heterocycles. The average molecular weight is 276 g/mol. The first-order chi connectivity index (χ1) is 8.90. The highest BCUT2D eigenvalue weighted by molar-refractivity contribution is 7.98. The fraction of sp³-hybridized carbons (Fsp3) is 0.231. The van der Waals surface area contributed by atoms with Gasteiger partial charge in [0, 0.05) is 35.0 Å². The van der Waals surface area contributed by atoms with Crippen molar-refractivity contribution in [1.82, 2.24) is 9.97 Å². The van der Waals surface area contributed by atoms with Crippen molar-refractivity contribution in [3.63, 3.8) is 0 Å². The Labute approximate surface area is 114 Å². The van der Waals surface area contributed by atoms with Gasteiger partial charge in [0.15, 0.2) is 5.16 Å². The normalized spacial score (nSPS) is 9.83. The zero-order valence-corrected chi connectivity index (χ0v) is 11.3. The molecule has 3 nitrogen and oxygen atoms in total. The molecule has 0 aliphatic rings. The second-order valence-corrected chi connectivity index (χ2v) is 5.30. The van der Waals surface area contributed by atoms with Crippen LogP contribution in [0, 0.1) is 11.8 Å². The molecule has 0 amide bonds. The smallest absolute Gasteiger partial charge is 0.187 e. The molecule has 5 heteroatoms. The van der Waals surface area contributed by atoms with E-state index in [-0.39, 0.29) is 6.61 Å². The summed E-state index contributed by atoms with van der Waals surface area (Å²) in [6.07, 6.45) is 4.00. The zero-order chi connectivity index (χ0) is 12.6. The second kappa shape index (κ2) is 7.17. The van der Waals surface area contributed by atoms with Gasteiger partial charge in [-0.15, -0.1) is 11.3 Å². The number of hydrogen-bond donors (Lipinski definition) is 1. The summed E-state index contributed by atoms with van der Waals surface area (Å²) >= 11 is 3.29. The van der Waals surface area contributed by atoms with Crippen LogP contribution in [0.1, 0.15) is 16.9 Å². The molecular weight excluding hydrogens is 264 g/mol. The van der Waals surface area contributed by atoms with Gasteiger partial charge in [-0.05, 0) is 17.5 Å². The van der Waals surface area contributed by atoms with Gasteiger partial charge in [0.25, 0.3) is 0 Å². The van der Waals surface area contributed by atoms with E-state index in [1.165, 1.54) is 4.88 Å². The van der Waals surface area contributed by atoms with Gasteiger partial charge in [-0.1, -0.05) is 23.6 Å². The largest absolute Gasteiger partial charge is 0.395 e. The number of nitrogens with zero attached hydrogens (tertiary/aromatic N) is 2. The minimum absolute atomic E-state index is 0.110. The first-order valence-corrected chi connectivity index (χ1v) is 7.32. The van der Waals surface area contributed by atoms with E-state index in [4.69, 9.17) is 5.11 Å². The fourth-order valence-corrected chi connectivity index (χ4v) is 3.02. The summed E-state index contributed by atoms with van der Waals surface area (Å²) in [5.41, 5.74) is 1.04. The SMILES string of the molecule is OCCC#Cc1ccsc1CSc1ncccn1. The Kier molecular flexibility index (Phi) is 5.21. The average Bonchev–Trinajstić information content (AvgIpc) is 2.86. The van der Waals surface area contributed by atoms with E-state index in [9.17, 15) is 0 Å². The Bertz CT molecular complexity index is 543. The van der Waals surface area contributed by atoms with Crippen LogP contribution in [0.25, 0.3) is 0 Å². The lowest BCUT2D eigenvalue weighted by Gasteiger charge is -1.98. The van der Waals surface area contributed by atoms with E-state index < -0.39 is 0 Å². The van der Waals surface area contributed by atoms with E-state index in [0.717, 1.165) is 16.5 Å². The van der Waals surface area contributed by atoms with Crippen LogP contribution in [0.5, 0.6) is 0 Å². The molecule has 0 aliphatic carbocycles. The van der Waals surface area contributed by atoms with Gasteiger partial charge in [-0.3, -0.25) is 0 Å². The van der Waals surface area contributed by atoms with Crippen molar-refractivity contribution in [2.45, 2.75) is 17.3 Å². The molecule has 0 unspecified atom stereocenters. The predicted octanol–water partition coefficient (Wildman–Crippen LogP) is 2.56. The number of rotatable bonds is 4. The molecule has 0 saturated carbocycles. The number of hydrogen-bond acceptors (Lipinski definition) is 5. The summed E-state index contributed by atoms with van der Waals surface area (Å²) < 4.78 is 0. The molecule has 0 bridgehead atoms. The highest BCUT2D eigenvalue weighted by Gasteiger charge is 2.04. The molecule has 18 heavy (non-hydrogen) atoms. The summed E-state index contributed by atoms with van der Waals surface area (Å²) in [5.74, 6) is 6.84. The Balaban J connectivity index is 1.98. The fourth-order valence-electron chi connectivity index (χ4n) is 1.27. The van der Waals surface area contributed by atoms with Gasteiger partial charge in [0.1, 0.15) is 0 Å². The van der Waals surface area contributed by atoms with Crippen LogP contribution >= 0.6 is 23.1 Å².